The van der Waals surface area contributed by atoms with Gasteiger partial charge >= 0.3 is 5.97 Å². The molecule has 0 aliphatic heterocycles. The number of ether oxygens (including phenoxy) is 1. The van der Waals surface area contributed by atoms with Gasteiger partial charge in [-0.3, -0.25) is 19.6 Å². The Kier molecular flexibility index (Phi) is 7.79. The number of rotatable bonds is 8. The Labute approximate surface area is 202 Å². The summed E-state index contributed by atoms with van der Waals surface area (Å²) >= 11 is 1.43. The van der Waals surface area contributed by atoms with Gasteiger partial charge in [0, 0.05) is 41.7 Å². The molecule has 3 aromatic rings. The molecule has 1 aliphatic rings. The zero-order chi connectivity index (χ0) is 23.8. The minimum atomic E-state index is -0.294. The highest BCUT2D eigenvalue weighted by Crippen LogP contribution is 2.39. The summed E-state index contributed by atoms with van der Waals surface area (Å²) in [7, 11) is 0. The van der Waals surface area contributed by atoms with E-state index in [1.54, 1.807) is 30.7 Å². The standard InChI is InChI=1S/C26H24N4O3S/c27-15-22-21-9-6-19(17-33-25(32)11-8-20-5-1-2-13-29-20)14-23(21)34-26(22)30-24(31)10-7-18-4-3-12-28-16-18/h1-5,7,10,12-13,16,19H,6,8-9,11,14,17H2,(H,30,31)/b10-7+. The number of anilines is 1. The quantitative estimate of drug-likeness (QED) is 0.386. The summed E-state index contributed by atoms with van der Waals surface area (Å²) in [6, 6.07) is 11.5. The van der Waals surface area contributed by atoms with Crippen molar-refractivity contribution in [1.82, 2.24) is 9.97 Å². The van der Waals surface area contributed by atoms with E-state index in [0.717, 1.165) is 41.0 Å². The van der Waals surface area contributed by atoms with Crippen molar-refractivity contribution in [3.8, 4) is 6.07 Å². The molecular formula is C26H24N4O3S. The summed E-state index contributed by atoms with van der Waals surface area (Å²) in [5, 5.41) is 13.1. The smallest absolute Gasteiger partial charge is 0.306 e. The maximum Gasteiger partial charge on any atom is 0.306 e. The van der Waals surface area contributed by atoms with Crippen LogP contribution in [0.1, 0.15) is 40.1 Å². The molecule has 0 saturated carbocycles. The molecule has 172 valence electrons. The lowest BCUT2D eigenvalue weighted by molar-refractivity contribution is -0.145. The predicted molar refractivity (Wildman–Crippen MR) is 130 cm³/mol. The second kappa shape index (κ2) is 11.3. The second-order valence-corrected chi connectivity index (χ2v) is 9.15. The summed E-state index contributed by atoms with van der Waals surface area (Å²) in [4.78, 5) is 33.8. The predicted octanol–water partition coefficient (Wildman–Crippen LogP) is 4.34. The number of aryl methyl sites for hydroxylation is 1. The third-order valence-electron chi connectivity index (χ3n) is 5.62. The van der Waals surface area contributed by atoms with Crippen LogP contribution in [0.5, 0.6) is 0 Å². The minimum Gasteiger partial charge on any atom is -0.465 e. The largest absolute Gasteiger partial charge is 0.465 e. The molecule has 0 aromatic carbocycles. The molecule has 3 heterocycles. The van der Waals surface area contributed by atoms with Gasteiger partial charge in [-0.25, -0.2) is 0 Å². The van der Waals surface area contributed by atoms with Crippen LogP contribution in [0.4, 0.5) is 5.00 Å². The molecule has 1 amide bonds. The lowest BCUT2D eigenvalue weighted by Gasteiger charge is -2.21. The maximum atomic E-state index is 12.4. The van der Waals surface area contributed by atoms with E-state index < -0.39 is 0 Å². The normalized spacial score (nSPS) is 14.9. The molecule has 34 heavy (non-hydrogen) atoms. The third-order valence-corrected chi connectivity index (χ3v) is 6.79. The molecule has 4 rings (SSSR count). The number of hydrogen-bond acceptors (Lipinski definition) is 7. The van der Waals surface area contributed by atoms with Crippen LogP contribution in [0.3, 0.4) is 0 Å². The van der Waals surface area contributed by atoms with Crippen molar-refractivity contribution in [2.24, 2.45) is 5.92 Å². The lowest BCUT2D eigenvalue weighted by atomic mass is 9.88. The van der Waals surface area contributed by atoms with Crippen molar-refractivity contribution >= 4 is 34.3 Å². The molecule has 0 fully saturated rings. The van der Waals surface area contributed by atoms with Crippen molar-refractivity contribution in [2.75, 3.05) is 11.9 Å². The Morgan fingerprint density at radius 2 is 2.18 bits per heavy atom. The monoisotopic (exact) mass is 472 g/mol. The Bertz CT molecular complexity index is 1220. The fourth-order valence-corrected chi connectivity index (χ4v) is 5.18. The van der Waals surface area contributed by atoms with Crippen LogP contribution in [0, 0.1) is 17.2 Å². The van der Waals surface area contributed by atoms with E-state index in [-0.39, 0.29) is 17.8 Å². The van der Waals surface area contributed by atoms with Gasteiger partial charge in [-0.2, -0.15) is 5.26 Å². The number of nitrogens with one attached hydrogen (secondary N) is 1. The van der Waals surface area contributed by atoms with Crippen LogP contribution in [-0.4, -0.2) is 28.5 Å². The average molecular weight is 473 g/mol. The van der Waals surface area contributed by atoms with Gasteiger partial charge in [-0.15, -0.1) is 11.3 Å². The number of carbonyl (C=O) groups is 2. The van der Waals surface area contributed by atoms with Gasteiger partial charge in [-0.1, -0.05) is 12.1 Å². The molecule has 1 unspecified atom stereocenters. The van der Waals surface area contributed by atoms with E-state index in [1.807, 2.05) is 24.3 Å². The first-order chi connectivity index (χ1) is 16.6. The van der Waals surface area contributed by atoms with Gasteiger partial charge in [0.2, 0.25) is 5.91 Å². The number of esters is 1. The number of aromatic nitrogens is 2. The molecule has 0 bridgehead atoms. The zero-order valence-electron chi connectivity index (χ0n) is 18.6. The highest BCUT2D eigenvalue weighted by molar-refractivity contribution is 7.16. The average Bonchev–Trinajstić information content (AvgIpc) is 3.22. The van der Waals surface area contributed by atoms with Gasteiger partial charge < -0.3 is 10.1 Å². The molecule has 0 radical (unpaired) electrons. The maximum absolute atomic E-state index is 12.4. The van der Waals surface area contributed by atoms with E-state index in [0.29, 0.717) is 30.0 Å². The molecule has 3 aromatic heterocycles. The lowest BCUT2D eigenvalue weighted by Crippen LogP contribution is -2.20. The number of fused-ring (bicyclic) bond motifs is 1. The number of pyridine rings is 2. The third kappa shape index (κ3) is 6.15. The van der Waals surface area contributed by atoms with Crippen LogP contribution in [0.15, 0.2) is 55.0 Å². The van der Waals surface area contributed by atoms with Crippen molar-refractivity contribution in [1.29, 1.82) is 5.26 Å². The number of amides is 1. The van der Waals surface area contributed by atoms with Gasteiger partial charge in [0.1, 0.15) is 11.1 Å². The highest BCUT2D eigenvalue weighted by Gasteiger charge is 2.27. The molecule has 1 N–H and O–H groups in total. The van der Waals surface area contributed by atoms with Gasteiger partial charge in [0.25, 0.3) is 0 Å². The van der Waals surface area contributed by atoms with Crippen molar-refractivity contribution in [3.05, 3.63) is 82.3 Å². The number of nitriles is 1. The van der Waals surface area contributed by atoms with Crippen molar-refractivity contribution in [2.45, 2.75) is 32.1 Å². The van der Waals surface area contributed by atoms with Gasteiger partial charge in [-0.05, 0) is 60.6 Å². The Balaban J connectivity index is 1.31. The molecule has 0 saturated heterocycles. The fourth-order valence-electron chi connectivity index (χ4n) is 3.86. The zero-order valence-corrected chi connectivity index (χ0v) is 19.4. The summed E-state index contributed by atoms with van der Waals surface area (Å²) in [5.41, 5.74) is 3.22. The molecular weight excluding hydrogens is 448 g/mol. The molecule has 8 heteroatoms. The molecule has 1 aliphatic carbocycles. The summed E-state index contributed by atoms with van der Waals surface area (Å²) < 4.78 is 5.51. The van der Waals surface area contributed by atoms with Gasteiger partial charge in [0.05, 0.1) is 18.6 Å². The first-order valence-corrected chi connectivity index (χ1v) is 11.9. The number of hydrogen-bond donors (Lipinski definition) is 1. The Morgan fingerprint density at radius 3 is 2.94 bits per heavy atom. The first kappa shape index (κ1) is 23.3. The van der Waals surface area contributed by atoms with Gasteiger partial charge in [0.15, 0.2) is 0 Å². The first-order valence-electron chi connectivity index (χ1n) is 11.1. The Hall–Kier alpha value is -3.83. The minimum absolute atomic E-state index is 0.200. The van der Waals surface area contributed by atoms with E-state index in [9.17, 15) is 14.9 Å². The van der Waals surface area contributed by atoms with Crippen LogP contribution >= 0.6 is 11.3 Å². The number of thiophene rings is 1. The van der Waals surface area contributed by atoms with Crippen LogP contribution < -0.4 is 5.32 Å². The van der Waals surface area contributed by atoms with Crippen LogP contribution in [-0.2, 0) is 33.6 Å². The van der Waals surface area contributed by atoms with Crippen LogP contribution in [0.2, 0.25) is 0 Å². The van der Waals surface area contributed by atoms with E-state index in [1.165, 1.54) is 17.4 Å². The SMILES string of the molecule is N#Cc1c(NC(=O)/C=C/c2cccnc2)sc2c1CCC(COC(=O)CCc1ccccn1)C2. The second-order valence-electron chi connectivity index (χ2n) is 8.04. The van der Waals surface area contributed by atoms with Crippen molar-refractivity contribution < 1.29 is 14.3 Å². The number of nitrogens with zero attached hydrogens (tertiary/aromatic N) is 3. The van der Waals surface area contributed by atoms with Crippen LogP contribution in [0.25, 0.3) is 6.08 Å². The van der Waals surface area contributed by atoms with E-state index in [4.69, 9.17) is 4.74 Å². The van der Waals surface area contributed by atoms with E-state index in [2.05, 4.69) is 21.4 Å². The molecule has 0 spiro atoms. The van der Waals surface area contributed by atoms with E-state index >= 15 is 0 Å². The fraction of sp³-hybridized carbons (Fsp3) is 0.269. The summed E-state index contributed by atoms with van der Waals surface area (Å²) in [6.45, 7) is 0.357. The Morgan fingerprint density at radius 1 is 1.26 bits per heavy atom. The highest BCUT2D eigenvalue weighted by atomic mass is 32.1. The molecule has 7 nitrogen and oxygen atoms in total. The number of carbonyl (C=O) groups excluding carboxylic acids is 2. The summed E-state index contributed by atoms with van der Waals surface area (Å²) in [6.07, 6.45) is 11.3. The summed E-state index contributed by atoms with van der Waals surface area (Å²) in [5.74, 6) is -0.323. The topological polar surface area (TPSA) is 105 Å². The molecule has 1 atom stereocenters. The van der Waals surface area contributed by atoms with Crippen molar-refractivity contribution in [3.63, 3.8) is 0 Å².